The second-order valence-corrected chi connectivity index (χ2v) is 5.93. The molecule has 1 heterocycles. The van der Waals surface area contributed by atoms with Crippen molar-refractivity contribution in [1.29, 1.82) is 0 Å². The summed E-state index contributed by atoms with van der Waals surface area (Å²) in [6, 6.07) is 7.66. The molecule has 2 rings (SSSR count). The van der Waals surface area contributed by atoms with E-state index < -0.39 is 6.61 Å². The Labute approximate surface area is 125 Å². The largest absolute Gasteiger partial charge is 0.435 e. The summed E-state index contributed by atoms with van der Waals surface area (Å²) < 4.78 is 28.3. The van der Waals surface area contributed by atoms with Gasteiger partial charge < -0.3 is 4.74 Å². The second-order valence-electron chi connectivity index (χ2n) is 4.47. The SMILES string of the molecule is Cc1cc(/C=C/C(=O)c2ccc(OC(F)F)cc2)c(C)s1. The molecule has 0 aliphatic heterocycles. The van der Waals surface area contributed by atoms with E-state index in [-0.39, 0.29) is 11.5 Å². The molecular weight excluding hydrogens is 294 g/mol. The van der Waals surface area contributed by atoms with Gasteiger partial charge in [-0.05, 0) is 61.9 Å². The molecule has 0 radical (unpaired) electrons. The third-order valence-electron chi connectivity index (χ3n) is 2.86. The first-order chi connectivity index (χ1) is 9.95. The van der Waals surface area contributed by atoms with Crippen LogP contribution in [0.3, 0.4) is 0 Å². The minimum Gasteiger partial charge on any atom is -0.435 e. The molecular formula is C16H14F2O2S. The van der Waals surface area contributed by atoms with Crippen LogP contribution in [0.5, 0.6) is 5.75 Å². The Bertz CT molecular complexity index is 657. The summed E-state index contributed by atoms with van der Waals surface area (Å²) in [6.07, 6.45) is 3.25. The van der Waals surface area contributed by atoms with E-state index in [9.17, 15) is 13.6 Å². The van der Waals surface area contributed by atoms with Crippen molar-refractivity contribution in [3.8, 4) is 5.75 Å². The molecule has 1 aromatic heterocycles. The van der Waals surface area contributed by atoms with Crippen LogP contribution >= 0.6 is 11.3 Å². The van der Waals surface area contributed by atoms with Crippen LogP contribution in [0.4, 0.5) is 8.78 Å². The summed E-state index contributed by atoms with van der Waals surface area (Å²) >= 11 is 1.67. The zero-order chi connectivity index (χ0) is 15.4. The highest BCUT2D eigenvalue weighted by molar-refractivity contribution is 7.12. The van der Waals surface area contributed by atoms with E-state index in [1.165, 1.54) is 35.2 Å². The fourth-order valence-corrected chi connectivity index (χ4v) is 2.79. The van der Waals surface area contributed by atoms with Gasteiger partial charge in [0.1, 0.15) is 5.75 Å². The predicted octanol–water partition coefficient (Wildman–Crippen LogP) is 4.86. The Balaban J connectivity index is 2.08. The molecule has 0 fully saturated rings. The maximum absolute atomic E-state index is 12.0. The van der Waals surface area contributed by atoms with E-state index in [0.717, 1.165) is 10.4 Å². The lowest BCUT2D eigenvalue weighted by molar-refractivity contribution is -0.0498. The zero-order valence-corrected chi connectivity index (χ0v) is 12.4. The van der Waals surface area contributed by atoms with Crippen LogP contribution in [0.25, 0.3) is 6.08 Å². The highest BCUT2D eigenvalue weighted by Gasteiger charge is 2.06. The van der Waals surface area contributed by atoms with Gasteiger partial charge in [0.2, 0.25) is 0 Å². The number of hydrogen-bond donors (Lipinski definition) is 0. The maximum atomic E-state index is 12.0. The molecule has 0 aliphatic carbocycles. The number of benzene rings is 1. The van der Waals surface area contributed by atoms with Crippen molar-refractivity contribution in [2.24, 2.45) is 0 Å². The summed E-state index contributed by atoms with van der Waals surface area (Å²) in [5.41, 5.74) is 1.45. The van der Waals surface area contributed by atoms with E-state index in [1.54, 1.807) is 17.4 Å². The number of allylic oxidation sites excluding steroid dienone is 1. The van der Waals surface area contributed by atoms with Gasteiger partial charge in [0.05, 0.1) is 0 Å². The average molecular weight is 308 g/mol. The molecule has 0 atom stereocenters. The van der Waals surface area contributed by atoms with Crippen molar-refractivity contribution in [3.63, 3.8) is 0 Å². The molecule has 0 unspecified atom stereocenters. The Morgan fingerprint density at radius 3 is 2.43 bits per heavy atom. The molecule has 0 bridgehead atoms. The van der Waals surface area contributed by atoms with Gasteiger partial charge in [0.25, 0.3) is 0 Å². The third-order valence-corrected chi connectivity index (χ3v) is 3.84. The highest BCUT2D eigenvalue weighted by atomic mass is 32.1. The van der Waals surface area contributed by atoms with Gasteiger partial charge in [-0.15, -0.1) is 11.3 Å². The van der Waals surface area contributed by atoms with Gasteiger partial charge in [0.15, 0.2) is 5.78 Å². The highest BCUT2D eigenvalue weighted by Crippen LogP contribution is 2.22. The Morgan fingerprint density at radius 1 is 1.24 bits per heavy atom. The van der Waals surface area contributed by atoms with Gasteiger partial charge in [-0.3, -0.25) is 4.79 Å². The first-order valence-corrected chi connectivity index (χ1v) is 7.11. The molecule has 21 heavy (non-hydrogen) atoms. The van der Waals surface area contributed by atoms with Gasteiger partial charge in [-0.1, -0.05) is 0 Å². The molecule has 2 nitrogen and oxygen atoms in total. The number of halogens is 2. The molecule has 110 valence electrons. The average Bonchev–Trinajstić information content (AvgIpc) is 2.74. The van der Waals surface area contributed by atoms with Crippen LogP contribution in [0.15, 0.2) is 36.4 Å². The fraction of sp³-hybridized carbons (Fsp3) is 0.188. The topological polar surface area (TPSA) is 26.3 Å². The van der Waals surface area contributed by atoms with E-state index in [2.05, 4.69) is 4.74 Å². The quantitative estimate of drug-likeness (QED) is 0.582. The summed E-state index contributed by atoms with van der Waals surface area (Å²) in [6.45, 7) is 1.15. The standard InChI is InChI=1S/C16H14F2O2S/c1-10-9-13(11(2)21-10)5-8-15(19)12-3-6-14(7-4-12)20-16(17)18/h3-9,16H,1-2H3/b8-5+. The third kappa shape index (κ3) is 4.23. The molecule has 0 saturated carbocycles. The Morgan fingerprint density at radius 2 is 1.90 bits per heavy atom. The molecule has 0 N–H and O–H groups in total. The number of hydrogen-bond acceptors (Lipinski definition) is 3. The lowest BCUT2D eigenvalue weighted by atomic mass is 10.1. The first kappa shape index (κ1) is 15.4. The van der Waals surface area contributed by atoms with E-state index in [1.807, 2.05) is 19.9 Å². The van der Waals surface area contributed by atoms with Crippen LogP contribution in [-0.4, -0.2) is 12.4 Å². The first-order valence-electron chi connectivity index (χ1n) is 6.30. The van der Waals surface area contributed by atoms with Crippen molar-refractivity contribution in [3.05, 3.63) is 57.3 Å². The fourth-order valence-electron chi connectivity index (χ4n) is 1.88. The molecule has 0 spiro atoms. The molecule has 2 aromatic rings. The Hall–Kier alpha value is -2.01. The van der Waals surface area contributed by atoms with Crippen molar-refractivity contribution in [2.45, 2.75) is 20.5 Å². The van der Waals surface area contributed by atoms with E-state index in [4.69, 9.17) is 0 Å². The second kappa shape index (κ2) is 6.63. The molecule has 0 aliphatic rings. The number of ether oxygens (including phenoxy) is 1. The molecule has 0 saturated heterocycles. The van der Waals surface area contributed by atoms with Crippen LogP contribution < -0.4 is 4.74 Å². The van der Waals surface area contributed by atoms with Crippen LogP contribution in [0.1, 0.15) is 25.7 Å². The Kier molecular flexibility index (Phi) is 4.85. The van der Waals surface area contributed by atoms with E-state index >= 15 is 0 Å². The van der Waals surface area contributed by atoms with Crippen molar-refractivity contribution < 1.29 is 18.3 Å². The van der Waals surface area contributed by atoms with E-state index in [0.29, 0.717) is 5.56 Å². The molecule has 0 amide bonds. The summed E-state index contributed by atoms with van der Waals surface area (Å²) in [4.78, 5) is 14.3. The number of ketones is 1. The lowest BCUT2D eigenvalue weighted by Gasteiger charge is -2.04. The number of carbonyl (C=O) groups is 1. The molecule has 1 aromatic carbocycles. The van der Waals surface area contributed by atoms with Gasteiger partial charge in [-0.2, -0.15) is 8.78 Å². The van der Waals surface area contributed by atoms with Gasteiger partial charge in [-0.25, -0.2) is 0 Å². The minimum absolute atomic E-state index is 0.0369. The summed E-state index contributed by atoms with van der Waals surface area (Å²) in [5, 5.41) is 0. The smallest absolute Gasteiger partial charge is 0.387 e. The summed E-state index contributed by atoms with van der Waals surface area (Å²) in [7, 11) is 0. The predicted molar refractivity (Wildman–Crippen MR) is 80.2 cm³/mol. The lowest BCUT2D eigenvalue weighted by Crippen LogP contribution is -2.02. The van der Waals surface area contributed by atoms with Crippen LogP contribution in [0, 0.1) is 13.8 Å². The zero-order valence-electron chi connectivity index (χ0n) is 11.6. The minimum atomic E-state index is -2.86. The number of thiophene rings is 1. The number of alkyl halides is 2. The number of rotatable bonds is 5. The van der Waals surface area contributed by atoms with Crippen molar-refractivity contribution in [1.82, 2.24) is 0 Å². The molecule has 5 heteroatoms. The van der Waals surface area contributed by atoms with Gasteiger partial charge >= 0.3 is 6.61 Å². The van der Waals surface area contributed by atoms with Crippen LogP contribution in [-0.2, 0) is 0 Å². The van der Waals surface area contributed by atoms with Crippen molar-refractivity contribution >= 4 is 23.2 Å². The monoisotopic (exact) mass is 308 g/mol. The van der Waals surface area contributed by atoms with Crippen molar-refractivity contribution in [2.75, 3.05) is 0 Å². The maximum Gasteiger partial charge on any atom is 0.387 e. The van der Waals surface area contributed by atoms with Crippen LogP contribution in [0.2, 0.25) is 0 Å². The summed E-state index contributed by atoms with van der Waals surface area (Å²) in [5.74, 6) is -0.142. The van der Waals surface area contributed by atoms with Gasteiger partial charge in [0, 0.05) is 15.3 Å². The number of carbonyl (C=O) groups excluding carboxylic acids is 1. The number of aryl methyl sites for hydroxylation is 2. The normalized spacial score (nSPS) is 11.3.